The maximum absolute atomic E-state index is 11.4. The van der Waals surface area contributed by atoms with Crippen LogP contribution in [-0.4, -0.2) is 49.1 Å². The molecule has 0 radical (unpaired) electrons. The van der Waals surface area contributed by atoms with E-state index in [2.05, 4.69) is 0 Å². The molecule has 1 atom stereocenters. The van der Waals surface area contributed by atoms with E-state index in [1.54, 1.807) is 19.0 Å². The molecule has 0 aromatic heterocycles. The first kappa shape index (κ1) is 16.2. The van der Waals surface area contributed by atoms with E-state index in [4.69, 9.17) is 5.73 Å². The fourth-order valence-electron chi connectivity index (χ4n) is 1.47. The van der Waals surface area contributed by atoms with E-state index in [1.165, 1.54) is 0 Å². The molecule has 86 valence electrons. The molecule has 1 unspecified atom stereocenters. The molecule has 1 saturated heterocycles. The topological polar surface area (TPSA) is 49.6 Å². The highest BCUT2D eigenvalue weighted by molar-refractivity contribution is 5.85. The maximum Gasteiger partial charge on any atom is 0.319 e. The van der Waals surface area contributed by atoms with Gasteiger partial charge in [0.15, 0.2) is 0 Å². The zero-order valence-corrected chi connectivity index (χ0v) is 10.2. The highest BCUT2D eigenvalue weighted by Crippen LogP contribution is 2.09. The van der Waals surface area contributed by atoms with Crippen molar-refractivity contribution < 1.29 is 4.79 Å². The summed E-state index contributed by atoms with van der Waals surface area (Å²) in [6.07, 6.45) is 2.07. The summed E-state index contributed by atoms with van der Waals surface area (Å²) in [7, 11) is 3.53. The Hall–Kier alpha value is -0.190. The van der Waals surface area contributed by atoms with Crippen molar-refractivity contribution in [2.24, 2.45) is 5.73 Å². The van der Waals surface area contributed by atoms with E-state index in [9.17, 15) is 4.79 Å². The van der Waals surface area contributed by atoms with Crippen LogP contribution in [0, 0.1) is 0 Å². The second kappa shape index (κ2) is 7.15. The predicted molar refractivity (Wildman–Crippen MR) is 62.4 cm³/mol. The molecule has 1 heterocycles. The van der Waals surface area contributed by atoms with Gasteiger partial charge in [0, 0.05) is 33.2 Å². The lowest BCUT2D eigenvalue weighted by atomic mass is 10.1. The highest BCUT2D eigenvalue weighted by atomic mass is 35.5. The number of hydrogen-bond donors (Lipinski definition) is 1. The van der Waals surface area contributed by atoms with Gasteiger partial charge in [-0.2, -0.15) is 0 Å². The fourth-order valence-corrected chi connectivity index (χ4v) is 1.47. The molecule has 0 spiro atoms. The smallest absolute Gasteiger partial charge is 0.319 e. The summed E-state index contributed by atoms with van der Waals surface area (Å²) in [6.45, 7) is 1.56. The van der Waals surface area contributed by atoms with E-state index in [1.807, 2.05) is 4.90 Å². The molecular weight excluding hydrogens is 225 g/mol. The lowest BCUT2D eigenvalue weighted by molar-refractivity contribution is 0.155. The van der Waals surface area contributed by atoms with Gasteiger partial charge in [-0.1, -0.05) is 0 Å². The summed E-state index contributed by atoms with van der Waals surface area (Å²) in [5.41, 5.74) is 5.75. The summed E-state index contributed by atoms with van der Waals surface area (Å²) in [4.78, 5) is 14.8. The molecule has 0 aliphatic carbocycles. The lowest BCUT2D eigenvalue weighted by Gasteiger charge is -2.32. The number of hydrogen-bond acceptors (Lipinski definition) is 2. The summed E-state index contributed by atoms with van der Waals surface area (Å²) < 4.78 is 0. The third-order valence-electron chi connectivity index (χ3n) is 2.11. The minimum Gasteiger partial charge on any atom is -0.331 e. The second-order valence-corrected chi connectivity index (χ2v) is 3.53. The van der Waals surface area contributed by atoms with Crippen molar-refractivity contribution in [3.63, 3.8) is 0 Å². The average Bonchev–Trinajstić information content (AvgIpc) is 2.03. The zero-order valence-electron chi connectivity index (χ0n) is 8.60. The number of urea groups is 1. The molecule has 1 fully saturated rings. The molecule has 6 heteroatoms. The summed E-state index contributed by atoms with van der Waals surface area (Å²) in [5.74, 6) is 0. The number of nitrogens with two attached hydrogens (primary N) is 1. The normalized spacial score (nSPS) is 20.5. The van der Waals surface area contributed by atoms with Crippen LogP contribution < -0.4 is 5.73 Å². The van der Waals surface area contributed by atoms with Gasteiger partial charge in [0.25, 0.3) is 0 Å². The number of likely N-dealkylation sites (tertiary alicyclic amines) is 1. The molecule has 2 amide bonds. The summed E-state index contributed by atoms with van der Waals surface area (Å²) in [6, 6.07) is 0.243. The number of nitrogens with zero attached hydrogens (tertiary/aromatic N) is 2. The highest BCUT2D eigenvalue weighted by Gasteiger charge is 2.21. The van der Waals surface area contributed by atoms with Crippen LogP contribution in [0.4, 0.5) is 4.79 Å². The summed E-state index contributed by atoms with van der Waals surface area (Å²) in [5, 5.41) is 0. The first-order valence-electron chi connectivity index (χ1n) is 4.33. The van der Waals surface area contributed by atoms with Crippen molar-refractivity contribution >= 4 is 30.8 Å². The Balaban J connectivity index is 0. The SMILES string of the molecule is CN(C)C(=O)N1CCCC(N)C1.Cl.Cl. The van der Waals surface area contributed by atoms with Crippen molar-refractivity contribution in [1.29, 1.82) is 0 Å². The van der Waals surface area contributed by atoms with Crippen molar-refractivity contribution in [3.05, 3.63) is 0 Å². The Kier molecular flexibility index (Phi) is 8.30. The van der Waals surface area contributed by atoms with Crippen molar-refractivity contribution in [3.8, 4) is 0 Å². The van der Waals surface area contributed by atoms with E-state index < -0.39 is 0 Å². The first-order valence-corrected chi connectivity index (χ1v) is 4.33. The van der Waals surface area contributed by atoms with Gasteiger partial charge in [-0.25, -0.2) is 4.79 Å². The minimum atomic E-state index is 0. The molecule has 1 aliphatic heterocycles. The Morgan fingerprint density at radius 3 is 2.43 bits per heavy atom. The standard InChI is InChI=1S/C8H17N3O.2ClH/c1-10(2)8(12)11-5-3-4-7(9)6-11;;/h7H,3-6,9H2,1-2H3;2*1H. The van der Waals surface area contributed by atoms with Crippen LogP contribution >= 0.6 is 24.8 Å². The zero-order chi connectivity index (χ0) is 9.14. The summed E-state index contributed by atoms with van der Waals surface area (Å²) >= 11 is 0. The third-order valence-corrected chi connectivity index (χ3v) is 2.11. The number of halogens is 2. The fraction of sp³-hybridized carbons (Fsp3) is 0.875. The van der Waals surface area contributed by atoms with Crippen LogP contribution in [0.2, 0.25) is 0 Å². The van der Waals surface area contributed by atoms with Crippen LogP contribution in [0.25, 0.3) is 0 Å². The molecule has 1 aliphatic rings. The third kappa shape index (κ3) is 4.35. The van der Waals surface area contributed by atoms with Crippen molar-refractivity contribution in [2.75, 3.05) is 27.2 Å². The molecule has 0 aromatic carbocycles. The van der Waals surface area contributed by atoms with Crippen LogP contribution in [0.5, 0.6) is 0 Å². The lowest BCUT2D eigenvalue weighted by Crippen LogP contribution is -2.49. The Morgan fingerprint density at radius 2 is 2.00 bits per heavy atom. The van der Waals surface area contributed by atoms with Gasteiger partial charge in [-0.05, 0) is 12.8 Å². The first-order chi connectivity index (χ1) is 5.61. The molecule has 0 bridgehead atoms. The van der Waals surface area contributed by atoms with Crippen LogP contribution in [0.3, 0.4) is 0 Å². The number of carbonyl (C=O) groups is 1. The molecule has 2 N–H and O–H groups in total. The Labute approximate surface area is 97.6 Å². The molecule has 0 saturated carbocycles. The van der Waals surface area contributed by atoms with Gasteiger partial charge in [-0.15, -0.1) is 24.8 Å². The molecule has 1 rings (SSSR count). The molecular formula is C8H19Cl2N3O. The van der Waals surface area contributed by atoms with Gasteiger partial charge >= 0.3 is 6.03 Å². The number of piperidine rings is 1. The van der Waals surface area contributed by atoms with Crippen LogP contribution in [0.15, 0.2) is 0 Å². The monoisotopic (exact) mass is 243 g/mol. The van der Waals surface area contributed by atoms with Crippen molar-refractivity contribution in [2.45, 2.75) is 18.9 Å². The van der Waals surface area contributed by atoms with Gasteiger partial charge < -0.3 is 15.5 Å². The minimum absolute atomic E-state index is 0. The van der Waals surface area contributed by atoms with Gasteiger partial charge in [-0.3, -0.25) is 0 Å². The van der Waals surface area contributed by atoms with Crippen LogP contribution in [-0.2, 0) is 0 Å². The molecule has 4 nitrogen and oxygen atoms in total. The Morgan fingerprint density at radius 1 is 1.43 bits per heavy atom. The van der Waals surface area contributed by atoms with Gasteiger partial charge in [0.1, 0.15) is 0 Å². The predicted octanol–water partition coefficient (Wildman–Crippen LogP) is 0.935. The number of amides is 2. The molecule has 14 heavy (non-hydrogen) atoms. The Bertz CT molecular complexity index is 178. The van der Waals surface area contributed by atoms with E-state index in [0.717, 1.165) is 19.4 Å². The second-order valence-electron chi connectivity index (χ2n) is 3.53. The number of carbonyl (C=O) groups excluding carboxylic acids is 1. The average molecular weight is 244 g/mol. The largest absolute Gasteiger partial charge is 0.331 e. The molecule has 0 aromatic rings. The van der Waals surface area contributed by atoms with E-state index >= 15 is 0 Å². The van der Waals surface area contributed by atoms with Gasteiger partial charge in [0.05, 0.1) is 0 Å². The van der Waals surface area contributed by atoms with E-state index in [-0.39, 0.29) is 36.9 Å². The quantitative estimate of drug-likeness (QED) is 0.689. The number of rotatable bonds is 0. The van der Waals surface area contributed by atoms with E-state index in [0.29, 0.717) is 6.54 Å². The van der Waals surface area contributed by atoms with Crippen LogP contribution in [0.1, 0.15) is 12.8 Å². The van der Waals surface area contributed by atoms with Gasteiger partial charge in [0.2, 0.25) is 0 Å². The maximum atomic E-state index is 11.4. The van der Waals surface area contributed by atoms with Crippen molar-refractivity contribution in [1.82, 2.24) is 9.80 Å².